The van der Waals surface area contributed by atoms with Crippen LogP contribution in [0.2, 0.25) is 0 Å². The SMILES string of the molecule is CC1=C(C#N)C(c2cccc3c2NOO3)C(C(=O)O)=C(C)N1. The average Bonchev–Trinajstić information content (AvgIpc) is 2.94. The van der Waals surface area contributed by atoms with Gasteiger partial charge in [0.2, 0.25) is 0 Å². The monoisotopic (exact) mass is 299 g/mol. The predicted octanol–water partition coefficient (Wildman–Crippen LogP) is 2.18. The lowest BCUT2D eigenvalue weighted by Crippen LogP contribution is -2.27. The summed E-state index contributed by atoms with van der Waals surface area (Å²) in [5.41, 5.74) is 5.37. The van der Waals surface area contributed by atoms with Crippen LogP contribution in [0.5, 0.6) is 5.75 Å². The molecule has 0 aromatic heterocycles. The van der Waals surface area contributed by atoms with Crippen LogP contribution in [0.3, 0.4) is 0 Å². The Morgan fingerprint density at radius 3 is 2.82 bits per heavy atom. The number of carboxylic acids is 1. The molecule has 1 aromatic rings. The van der Waals surface area contributed by atoms with E-state index >= 15 is 0 Å². The Balaban J connectivity index is 2.25. The first-order valence-electron chi connectivity index (χ1n) is 6.59. The van der Waals surface area contributed by atoms with Gasteiger partial charge in [0.15, 0.2) is 5.75 Å². The highest BCUT2D eigenvalue weighted by molar-refractivity contribution is 5.92. The fourth-order valence-electron chi connectivity index (χ4n) is 2.81. The lowest BCUT2D eigenvalue weighted by molar-refractivity contribution is -0.160. The highest BCUT2D eigenvalue weighted by Gasteiger charge is 2.36. The van der Waals surface area contributed by atoms with Gasteiger partial charge in [0.1, 0.15) is 5.69 Å². The first kappa shape index (κ1) is 14.0. The summed E-state index contributed by atoms with van der Waals surface area (Å²) in [6, 6.07) is 7.28. The van der Waals surface area contributed by atoms with Crippen molar-refractivity contribution in [3.8, 4) is 11.8 Å². The number of hydrogen-bond donors (Lipinski definition) is 3. The minimum atomic E-state index is -1.08. The minimum Gasteiger partial charge on any atom is -0.478 e. The van der Waals surface area contributed by atoms with Crippen molar-refractivity contribution in [2.75, 3.05) is 5.48 Å². The number of fused-ring (bicyclic) bond motifs is 1. The van der Waals surface area contributed by atoms with E-state index in [4.69, 9.17) is 9.88 Å². The zero-order valence-corrected chi connectivity index (χ0v) is 11.9. The lowest BCUT2D eigenvalue weighted by atomic mass is 9.80. The largest absolute Gasteiger partial charge is 0.478 e. The third-order valence-corrected chi connectivity index (χ3v) is 3.76. The maximum absolute atomic E-state index is 11.7. The number of anilines is 1. The number of benzene rings is 1. The predicted molar refractivity (Wildman–Crippen MR) is 76.3 cm³/mol. The number of aliphatic carboxylic acids is 1. The number of nitriles is 1. The fraction of sp³-hybridized carbons (Fsp3) is 0.200. The zero-order valence-electron chi connectivity index (χ0n) is 11.9. The molecule has 2 aliphatic heterocycles. The van der Waals surface area contributed by atoms with Crippen molar-refractivity contribution in [1.82, 2.24) is 5.32 Å². The Kier molecular flexibility index (Phi) is 3.23. The lowest BCUT2D eigenvalue weighted by Gasteiger charge is -2.28. The summed E-state index contributed by atoms with van der Waals surface area (Å²) in [4.78, 5) is 21.4. The van der Waals surface area contributed by atoms with Crippen molar-refractivity contribution >= 4 is 11.7 Å². The first-order chi connectivity index (χ1) is 10.5. The van der Waals surface area contributed by atoms with Crippen molar-refractivity contribution in [2.45, 2.75) is 19.8 Å². The Morgan fingerprint density at radius 2 is 2.14 bits per heavy atom. The van der Waals surface area contributed by atoms with Crippen LogP contribution < -0.4 is 15.7 Å². The van der Waals surface area contributed by atoms with E-state index in [1.807, 2.05) is 0 Å². The highest BCUT2D eigenvalue weighted by Crippen LogP contribution is 2.45. The number of carbonyl (C=O) groups is 1. The summed E-state index contributed by atoms with van der Waals surface area (Å²) in [5, 5.41) is 22.0. The van der Waals surface area contributed by atoms with Crippen LogP contribution in [0, 0.1) is 11.3 Å². The van der Waals surface area contributed by atoms with Gasteiger partial charge in [-0.25, -0.2) is 10.3 Å². The third-order valence-electron chi connectivity index (χ3n) is 3.76. The second-order valence-corrected chi connectivity index (χ2v) is 5.04. The quantitative estimate of drug-likeness (QED) is 0.719. The molecule has 0 bridgehead atoms. The molecule has 1 unspecified atom stereocenters. The number of allylic oxidation sites excluding steroid dienone is 3. The van der Waals surface area contributed by atoms with E-state index in [9.17, 15) is 15.2 Å². The number of para-hydroxylation sites is 1. The number of rotatable bonds is 2. The molecule has 22 heavy (non-hydrogen) atoms. The molecule has 0 spiro atoms. The van der Waals surface area contributed by atoms with Gasteiger partial charge in [-0.05, 0) is 25.5 Å². The summed E-state index contributed by atoms with van der Waals surface area (Å²) < 4.78 is 0. The van der Waals surface area contributed by atoms with E-state index in [0.29, 0.717) is 34.0 Å². The molecule has 0 amide bonds. The Labute approximate surface area is 126 Å². The molecule has 0 fully saturated rings. The molecule has 0 radical (unpaired) electrons. The van der Waals surface area contributed by atoms with E-state index in [0.717, 1.165) is 0 Å². The molecule has 7 heteroatoms. The summed E-state index contributed by atoms with van der Waals surface area (Å²) in [6.07, 6.45) is 0. The molecule has 1 aromatic carbocycles. The van der Waals surface area contributed by atoms with Crippen molar-refractivity contribution < 1.29 is 19.8 Å². The molecule has 2 aliphatic rings. The highest BCUT2D eigenvalue weighted by atomic mass is 17.3. The standard InChI is InChI=1S/C15H13N3O4/c1-7-10(6-16)13(12(15(19)20)8(2)17-7)9-4-3-5-11-14(9)18-22-21-11/h3-5,13,17-18H,1-2H3,(H,19,20). The van der Waals surface area contributed by atoms with Gasteiger partial charge < -0.3 is 15.3 Å². The Morgan fingerprint density at radius 1 is 1.36 bits per heavy atom. The molecule has 3 rings (SSSR count). The van der Waals surface area contributed by atoms with Gasteiger partial charge in [-0.1, -0.05) is 17.1 Å². The molecule has 0 aliphatic carbocycles. The van der Waals surface area contributed by atoms with Crippen LogP contribution in [0.1, 0.15) is 25.3 Å². The van der Waals surface area contributed by atoms with Crippen molar-refractivity contribution in [2.24, 2.45) is 0 Å². The van der Waals surface area contributed by atoms with Gasteiger partial charge in [0.25, 0.3) is 0 Å². The number of nitrogens with one attached hydrogen (secondary N) is 2. The van der Waals surface area contributed by atoms with Crippen LogP contribution in [0.15, 0.2) is 40.7 Å². The second-order valence-electron chi connectivity index (χ2n) is 5.04. The zero-order chi connectivity index (χ0) is 15.9. The number of carboxylic acid groups (broad SMARTS) is 1. The van der Waals surface area contributed by atoms with Gasteiger partial charge >= 0.3 is 5.97 Å². The maximum atomic E-state index is 11.7. The maximum Gasteiger partial charge on any atom is 0.334 e. The number of nitrogens with zero attached hydrogens (tertiary/aromatic N) is 1. The number of hydrogen-bond acceptors (Lipinski definition) is 6. The molecular weight excluding hydrogens is 286 g/mol. The van der Waals surface area contributed by atoms with Gasteiger partial charge in [-0.15, -0.1) is 0 Å². The molecule has 7 nitrogen and oxygen atoms in total. The van der Waals surface area contributed by atoms with E-state index in [2.05, 4.69) is 16.9 Å². The van der Waals surface area contributed by atoms with Gasteiger partial charge in [0, 0.05) is 11.4 Å². The minimum absolute atomic E-state index is 0.129. The Bertz CT molecular complexity index is 773. The third kappa shape index (κ3) is 1.98. The van der Waals surface area contributed by atoms with Crippen LogP contribution in [-0.2, 0) is 9.78 Å². The van der Waals surface area contributed by atoms with E-state index < -0.39 is 11.9 Å². The molecule has 0 saturated carbocycles. The van der Waals surface area contributed by atoms with Gasteiger partial charge in [-0.2, -0.15) is 5.26 Å². The van der Waals surface area contributed by atoms with Crippen molar-refractivity contribution in [3.63, 3.8) is 0 Å². The average molecular weight is 299 g/mol. The number of dihydropyridines is 1. The normalized spacial score (nSPS) is 19.8. The molecule has 112 valence electrons. The van der Waals surface area contributed by atoms with E-state index in [1.54, 1.807) is 32.0 Å². The molecule has 0 saturated heterocycles. The van der Waals surface area contributed by atoms with Gasteiger partial charge in [-0.3, -0.25) is 0 Å². The van der Waals surface area contributed by atoms with Crippen LogP contribution in [-0.4, -0.2) is 11.1 Å². The summed E-state index contributed by atoms with van der Waals surface area (Å²) in [6.45, 7) is 3.43. The smallest absolute Gasteiger partial charge is 0.334 e. The van der Waals surface area contributed by atoms with Crippen molar-refractivity contribution in [1.29, 1.82) is 5.26 Å². The molecule has 3 N–H and O–H groups in total. The summed E-state index contributed by atoms with van der Waals surface area (Å²) >= 11 is 0. The second kappa shape index (κ2) is 5.09. The van der Waals surface area contributed by atoms with Crippen LogP contribution in [0.25, 0.3) is 0 Å². The van der Waals surface area contributed by atoms with Gasteiger partial charge in [0.05, 0.1) is 23.1 Å². The Hall–Kier alpha value is -2.98. The van der Waals surface area contributed by atoms with E-state index in [-0.39, 0.29) is 5.57 Å². The molecule has 2 heterocycles. The first-order valence-corrected chi connectivity index (χ1v) is 6.59. The summed E-state index contributed by atoms with van der Waals surface area (Å²) in [7, 11) is 0. The van der Waals surface area contributed by atoms with Crippen LogP contribution in [0.4, 0.5) is 5.69 Å². The van der Waals surface area contributed by atoms with Crippen LogP contribution >= 0.6 is 0 Å². The molecule has 1 atom stereocenters. The topological polar surface area (TPSA) is 104 Å². The fourth-order valence-corrected chi connectivity index (χ4v) is 2.81. The van der Waals surface area contributed by atoms with E-state index in [1.165, 1.54) is 0 Å². The molecular formula is C15H13N3O4. The van der Waals surface area contributed by atoms with Crippen molar-refractivity contribution in [3.05, 3.63) is 46.3 Å². The summed E-state index contributed by atoms with van der Waals surface area (Å²) in [5.74, 6) is -1.32.